The van der Waals surface area contributed by atoms with E-state index in [2.05, 4.69) is 10.1 Å². The normalized spacial score (nSPS) is 16.4. The van der Waals surface area contributed by atoms with E-state index >= 15 is 0 Å². The van der Waals surface area contributed by atoms with Crippen molar-refractivity contribution in [1.82, 2.24) is 14.4 Å². The molecule has 1 aliphatic heterocycles. The summed E-state index contributed by atoms with van der Waals surface area (Å²) in [6, 6.07) is 13.4. The Morgan fingerprint density at radius 1 is 1.11 bits per heavy atom. The van der Waals surface area contributed by atoms with Crippen LogP contribution >= 0.6 is 0 Å². The Hall–Kier alpha value is -2.58. The molecule has 0 aliphatic carbocycles. The first-order valence-corrected chi connectivity index (χ1v) is 10.5. The molecule has 1 fully saturated rings. The summed E-state index contributed by atoms with van der Waals surface area (Å²) in [6.45, 7) is 2.32. The summed E-state index contributed by atoms with van der Waals surface area (Å²) < 4.78 is 46.2. The Labute approximate surface area is 163 Å². The van der Waals surface area contributed by atoms with E-state index in [9.17, 15) is 12.8 Å². The Morgan fingerprint density at radius 2 is 1.82 bits per heavy atom. The maximum absolute atomic E-state index is 13.6. The van der Waals surface area contributed by atoms with Crippen LogP contribution in [0, 0.1) is 12.7 Å². The van der Waals surface area contributed by atoms with Gasteiger partial charge in [0, 0.05) is 24.6 Å². The van der Waals surface area contributed by atoms with Crippen LogP contribution in [0.5, 0.6) is 0 Å². The average Bonchev–Trinajstić information content (AvgIpc) is 3.21. The Bertz CT molecular complexity index is 1080. The lowest BCUT2D eigenvalue weighted by atomic mass is 9.98. The largest absolute Gasteiger partial charge is 0.339 e. The molecule has 2 aromatic carbocycles. The number of halogens is 1. The second-order valence-corrected chi connectivity index (χ2v) is 8.82. The number of aryl methyl sites for hydroxylation is 1. The van der Waals surface area contributed by atoms with Crippen molar-refractivity contribution in [3.05, 3.63) is 65.8 Å². The van der Waals surface area contributed by atoms with Gasteiger partial charge in [-0.2, -0.15) is 9.29 Å². The van der Waals surface area contributed by atoms with Crippen molar-refractivity contribution in [3.63, 3.8) is 0 Å². The van der Waals surface area contributed by atoms with Crippen LogP contribution in [0.15, 0.2) is 57.9 Å². The standard InChI is InChI=1S/C20H20FN3O3S/c1-14-7-8-17(21)13-18(14)28(25,26)24-11-9-16(10-12-24)20-22-19(23-27-20)15-5-3-2-4-6-15/h2-8,13,16H,9-12H2,1H3. The maximum Gasteiger partial charge on any atom is 0.243 e. The molecule has 0 amide bonds. The smallest absolute Gasteiger partial charge is 0.243 e. The molecule has 0 atom stereocenters. The van der Waals surface area contributed by atoms with Crippen LogP contribution in [-0.4, -0.2) is 36.0 Å². The van der Waals surface area contributed by atoms with Crippen LogP contribution in [0.25, 0.3) is 11.4 Å². The molecule has 2 heterocycles. The number of sulfonamides is 1. The lowest BCUT2D eigenvalue weighted by molar-refractivity contribution is 0.270. The fourth-order valence-corrected chi connectivity index (χ4v) is 5.15. The van der Waals surface area contributed by atoms with Gasteiger partial charge in [0.25, 0.3) is 0 Å². The van der Waals surface area contributed by atoms with E-state index in [1.54, 1.807) is 6.92 Å². The van der Waals surface area contributed by atoms with Crippen molar-refractivity contribution in [2.45, 2.75) is 30.6 Å². The first-order valence-electron chi connectivity index (χ1n) is 9.10. The zero-order valence-corrected chi connectivity index (χ0v) is 16.2. The Morgan fingerprint density at radius 3 is 2.54 bits per heavy atom. The first-order chi connectivity index (χ1) is 13.4. The first kappa shape index (κ1) is 18.8. The van der Waals surface area contributed by atoms with Crippen molar-refractivity contribution in [1.29, 1.82) is 0 Å². The molecule has 1 aliphatic rings. The fourth-order valence-electron chi connectivity index (χ4n) is 3.44. The zero-order valence-electron chi connectivity index (χ0n) is 15.4. The molecular weight excluding hydrogens is 381 g/mol. The van der Waals surface area contributed by atoms with Crippen molar-refractivity contribution >= 4 is 10.0 Å². The highest BCUT2D eigenvalue weighted by Gasteiger charge is 2.33. The molecule has 28 heavy (non-hydrogen) atoms. The second-order valence-electron chi connectivity index (χ2n) is 6.91. The highest BCUT2D eigenvalue weighted by atomic mass is 32.2. The van der Waals surface area contributed by atoms with Gasteiger partial charge in [-0.3, -0.25) is 0 Å². The molecule has 8 heteroatoms. The SMILES string of the molecule is Cc1ccc(F)cc1S(=O)(=O)N1CCC(c2nc(-c3ccccc3)no2)CC1. The van der Waals surface area contributed by atoms with E-state index in [0.717, 1.165) is 11.6 Å². The second kappa shape index (κ2) is 7.44. The molecule has 0 saturated carbocycles. The molecule has 1 aromatic heterocycles. The number of benzene rings is 2. The average molecular weight is 401 g/mol. The molecule has 6 nitrogen and oxygen atoms in total. The van der Waals surface area contributed by atoms with Gasteiger partial charge in [-0.15, -0.1) is 0 Å². The molecule has 0 N–H and O–H groups in total. The number of hydrogen-bond acceptors (Lipinski definition) is 5. The molecule has 0 radical (unpaired) electrons. The van der Waals surface area contributed by atoms with Gasteiger partial charge >= 0.3 is 0 Å². The summed E-state index contributed by atoms with van der Waals surface area (Å²) in [7, 11) is -3.73. The summed E-state index contributed by atoms with van der Waals surface area (Å²) in [5.74, 6) is 0.502. The number of nitrogens with zero attached hydrogens (tertiary/aromatic N) is 3. The van der Waals surface area contributed by atoms with E-state index < -0.39 is 15.8 Å². The van der Waals surface area contributed by atoms with E-state index in [-0.39, 0.29) is 10.8 Å². The van der Waals surface area contributed by atoms with E-state index in [4.69, 9.17) is 4.52 Å². The molecule has 0 unspecified atom stereocenters. The third-order valence-electron chi connectivity index (χ3n) is 5.04. The van der Waals surface area contributed by atoms with E-state index in [1.807, 2.05) is 30.3 Å². The van der Waals surface area contributed by atoms with Gasteiger partial charge in [-0.1, -0.05) is 41.6 Å². The van der Waals surface area contributed by atoms with Gasteiger partial charge in [-0.25, -0.2) is 12.8 Å². The number of rotatable bonds is 4. The summed E-state index contributed by atoms with van der Waals surface area (Å²) >= 11 is 0. The van der Waals surface area contributed by atoms with Crippen LogP contribution < -0.4 is 0 Å². The molecule has 4 rings (SSSR count). The minimum atomic E-state index is -3.73. The zero-order chi connectivity index (χ0) is 19.7. The van der Waals surface area contributed by atoms with Gasteiger partial charge in [0.05, 0.1) is 4.90 Å². The van der Waals surface area contributed by atoms with E-state index in [1.165, 1.54) is 16.4 Å². The van der Waals surface area contributed by atoms with Crippen LogP contribution in [0.4, 0.5) is 4.39 Å². The number of piperidine rings is 1. The number of hydrogen-bond donors (Lipinski definition) is 0. The van der Waals surface area contributed by atoms with Crippen molar-refractivity contribution in [2.75, 3.05) is 13.1 Å². The van der Waals surface area contributed by atoms with Crippen LogP contribution in [0.1, 0.15) is 30.2 Å². The molecule has 0 bridgehead atoms. The summed E-state index contributed by atoms with van der Waals surface area (Å²) in [6.07, 6.45) is 1.15. The molecular formula is C20H20FN3O3S. The highest BCUT2D eigenvalue weighted by Crippen LogP contribution is 2.31. The quantitative estimate of drug-likeness (QED) is 0.665. The monoisotopic (exact) mass is 401 g/mol. The van der Waals surface area contributed by atoms with Crippen molar-refractivity contribution in [2.24, 2.45) is 0 Å². The van der Waals surface area contributed by atoms with Gasteiger partial charge in [-0.05, 0) is 37.5 Å². The molecule has 0 spiro atoms. The molecule has 3 aromatic rings. The lowest BCUT2D eigenvalue weighted by Crippen LogP contribution is -2.38. The van der Waals surface area contributed by atoms with Crippen LogP contribution in [0.2, 0.25) is 0 Å². The summed E-state index contributed by atoms with van der Waals surface area (Å²) in [5.41, 5.74) is 1.41. The third kappa shape index (κ3) is 3.57. The van der Waals surface area contributed by atoms with Crippen molar-refractivity contribution < 1.29 is 17.3 Å². The third-order valence-corrected chi connectivity index (χ3v) is 7.09. The van der Waals surface area contributed by atoms with Gasteiger partial charge in [0.1, 0.15) is 5.82 Å². The van der Waals surface area contributed by atoms with E-state index in [0.29, 0.717) is 43.2 Å². The fraction of sp³-hybridized carbons (Fsp3) is 0.300. The highest BCUT2D eigenvalue weighted by molar-refractivity contribution is 7.89. The van der Waals surface area contributed by atoms with Crippen LogP contribution in [0.3, 0.4) is 0 Å². The molecule has 1 saturated heterocycles. The predicted octanol–water partition coefficient (Wildman–Crippen LogP) is 3.75. The van der Waals surface area contributed by atoms with Gasteiger partial charge in [0.2, 0.25) is 21.7 Å². The summed E-state index contributed by atoms with van der Waals surface area (Å²) in [4.78, 5) is 4.50. The predicted molar refractivity (Wildman–Crippen MR) is 102 cm³/mol. The Balaban J connectivity index is 1.48. The van der Waals surface area contributed by atoms with Crippen molar-refractivity contribution in [3.8, 4) is 11.4 Å². The topological polar surface area (TPSA) is 76.3 Å². The maximum atomic E-state index is 13.6. The molecule has 146 valence electrons. The van der Waals surface area contributed by atoms with Gasteiger partial charge < -0.3 is 4.52 Å². The lowest BCUT2D eigenvalue weighted by Gasteiger charge is -2.30. The summed E-state index contributed by atoms with van der Waals surface area (Å²) in [5, 5.41) is 4.04. The van der Waals surface area contributed by atoms with Crippen LogP contribution in [-0.2, 0) is 10.0 Å². The minimum Gasteiger partial charge on any atom is -0.339 e. The minimum absolute atomic E-state index is 0.00465. The Kier molecular flexibility index (Phi) is 4.99. The van der Waals surface area contributed by atoms with Gasteiger partial charge in [0.15, 0.2) is 0 Å². The number of aromatic nitrogens is 2.